The van der Waals surface area contributed by atoms with Gasteiger partial charge in [0.2, 0.25) is 0 Å². The van der Waals surface area contributed by atoms with E-state index in [9.17, 15) is 0 Å². The number of thiophene rings is 1. The van der Waals surface area contributed by atoms with E-state index in [0.717, 1.165) is 18.8 Å². The number of nitrogens with one attached hydrogen (secondary N) is 1. The lowest BCUT2D eigenvalue weighted by atomic mass is 10.0. The highest BCUT2D eigenvalue weighted by molar-refractivity contribution is 7.17. The van der Waals surface area contributed by atoms with Crippen LogP contribution in [0, 0.1) is 0 Å². The number of rotatable bonds is 3. The van der Waals surface area contributed by atoms with Crippen molar-refractivity contribution in [3.05, 3.63) is 59.0 Å². The summed E-state index contributed by atoms with van der Waals surface area (Å²) in [6, 6.07) is 15.5. The molecule has 21 heavy (non-hydrogen) atoms. The number of benzene rings is 2. The molecule has 1 unspecified atom stereocenters. The van der Waals surface area contributed by atoms with Gasteiger partial charge in [-0.1, -0.05) is 6.07 Å². The van der Waals surface area contributed by atoms with Crippen LogP contribution in [-0.2, 0) is 6.42 Å². The van der Waals surface area contributed by atoms with E-state index in [1.54, 1.807) is 11.3 Å². The van der Waals surface area contributed by atoms with Crippen LogP contribution in [0.1, 0.15) is 24.1 Å². The number of hydrogen-bond acceptors (Lipinski definition) is 3. The molecule has 1 aliphatic rings. The molecular weight excluding hydrogens is 278 g/mol. The van der Waals surface area contributed by atoms with Crippen LogP contribution in [0.15, 0.2) is 47.8 Å². The van der Waals surface area contributed by atoms with Gasteiger partial charge in [0.1, 0.15) is 5.75 Å². The van der Waals surface area contributed by atoms with Gasteiger partial charge >= 0.3 is 0 Å². The second-order valence-electron chi connectivity index (χ2n) is 5.50. The lowest BCUT2D eigenvalue weighted by Gasteiger charge is -2.16. The molecule has 1 aromatic heterocycles. The first-order valence-corrected chi connectivity index (χ1v) is 8.17. The molecule has 1 atom stereocenters. The highest BCUT2D eigenvalue weighted by Gasteiger charge is 2.14. The van der Waals surface area contributed by atoms with Crippen molar-refractivity contribution in [3.63, 3.8) is 0 Å². The Labute approximate surface area is 128 Å². The van der Waals surface area contributed by atoms with Gasteiger partial charge in [-0.15, -0.1) is 11.3 Å². The Kier molecular flexibility index (Phi) is 3.08. The van der Waals surface area contributed by atoms with Crippen LogP contribution in [0.4, 0.5) is 5.69 Å². The minimum absolute atomic E-state index is 0.284. The third-order valence-electron chi connectivity index (χ3n) is 4.05. The third kappa shape index (κ3) is 2.38. The first-order valence-electron chi connectivity index (χ1n) is 7.29. The summed E-state index contributed by atoms with van der Waals surface area (Å²) in [6.45, 7) is 3.02. The van der Waals surface area contributed by atoms with Crippen LogP contribution in [0.5, 0.6) is 5.75 Å². The minimum atomic E-state index is 0.284. The molecule has 0 amide bonds. The predicted molar refractivity (Wildman–Crippen MR) is 89.5 cm³/mol. The number of hydrogen-bond donors (Lipinski definition) is 1. The summed E-state index contributed by atoms with van der Waals surface area (Å²) in [4.78, 5) is 0. The Morgan fingerprint density at radius 3 is 3.05 bits per heavy atom. The van der Waals surface area contributed by atoms with Crippen molar-refractivity contribution < 1.29 is 4.74 Å². The third-order valence-corrected chi connectivity index (χ3v) is 4.95. The lowest BCUT2D eigenvalue weighted by molar-refractivity contribution is 0.357. The fourth-order valence-electron chi connectivity index (χ4n) is 2.87. The molecule has 3 heteroatoms. The van der Waals surface area contributed by atoms with E-state index in [4.69, 9.17) is 4.74 Å². The van der Waals surface area contributed by atoms with E-state index in [-0.39, 0.29) is 6.04 Å². The summed E-state index contributed by atoms with van der Waals surface area (Å²) in [5.41, 5.74) is 3.81. The number of fused-ring (bicyclic) bond motifs is 2. The Balaban J connectivity index is 1.58. The quantitative estimate of drug-likeness (QED) is 0.733. The first kappa shape index (κ1) is 12.7. The zero-order chi connectivity index (χ0) is 14.2. The molecule has 0 saturated heterocycles. The van der Waals surface area contributed by atoms with Crippen molar-refractivity contribution in [3.8, 4) is 5.75 Å². The Morgan fingerprint density at radius 1 is 1.14 bits per heavy atom. The van der Waals surface area contributed by atoms with E-state index in [2.05, 4.69) is 60.1 Å². The molecule has 0 spiro atoms. The lowest BCUT2D eigenvalue weighted by Crippen LogP contribution is -2.06. The highest BCUT2D eigenvalue weighted by atomic mass is 32.1. The fraction of sp³-hybridized carbons (Fsp3) is 0.222. The van der Waals surface area contributed by atoms with Gasteiger partial charge in [0.15, 0.2) is 0 Å². The van der Waals surface area contributed by atoms with Gasteiger partial charge in [-0.05, 0) is 65.2 Å². The average Bonchev–Trinajstić information content (AvgIpc) is 3.14. The molecule has 4 rings (SSSR count). The van der Waals surface area contributed by atoms with Crippen molar-refractivity contribution in [2.45, 2.75) is 19.4 Å². The average molecular weight is 295 g/mol. The number of anilines is 1. The molecule has 2 heterocycles. The summed E-state index contributed by atoms with van der Waals surface area (Å²) in [5, 5.41) is 7.04. The van der Waals surface area contributed by atoms with Crippen molar-refractivity contribution in [1.82, 2.24) is 0 Å². The maximum Gasteiger partial charge on any atom is 0.122 e. The van der Waals surface area contributed by atoms with Crippen molar-refractivity contribution in [1.29, 1.82) is 0 Å². The van der Waals surface area contributed by atoms with Gasteiger partial charge in [0.25, 0.3) is 0 Å². The zero-order valence-electron chi connectivity index (χ0n) is 11.9. The van der Waals surface area contributed by atoms with Crippen LogP contribution in [0.25, 0.3) is 10.1 Å². The molecule has 1 N–H and O–H groups in total. The van der Waals surface area contributed by atoms with E-state index in [0.29, 0.717) is 0 Å². The van der Waals surface area contributed by atoms with E-state index < -0.39 is 0 Å². The Hall–Kier alpha value is -2.00. The molecule has 0 fully saturated rings. The second kappa shape index (κ2) is 5.08. The molecule has 0 saturated carbocycles. The SMILES string of the molecule is CC(Nc1ccc2sccc2c1)c1ccc2c(c1)CCO2. The Bertz CT molecular complexity index is 793. The van der Waals surface area contributed by atoms with E-state index in [1.165, 1.54) is 26.9 Å². The van der Waals surface area contributed by atoms with Crippen LogP contribution in [0.2, 0.25) is 0 Å². The van der Waals surface area contributed by atoms with Gasteiger partial charge in [-0.25, -0.2) is 0 Å². The van der Waals surface area contributed by atoms with Gasteiger partial charge in [-0.3, -0.25) is 0 Å². The highest BCUT2D eigenvalue weighted by Crippen LogP contribution is 2.30. The second-order valence-corrected chi connectivity index (χ2v) is 6.45. The van der Waals surface area contributed by atoms with Crippen LogP contribution >= 0.6 is 11.3 Å². The summed E-state index contributed by atoms with van der Waals surface area (Å²) in [7, 11) is 0. The smallest absolute Gasteiger partial charge is 0.122 e. The molecule has 0 bridgehead atoms. The van der Waals surface area contributed by atoms with Crippen molar-refractivity contribution in [2.75, 3.05) is 11.9 Å². The molecule has 2 nitrogen and oxygen atoms in total. The van der Waals surface area contributed by atoms with Crippen LogP contribution in [0.3, 0.4) is 0 Å². The van der Waals surface area contributed by atoms with Gasteiger partial charge in [0, 0.05) is 22.8 Å². The van der Waals surface area contributed by atoms with E-state index in [1.807, 2.05) is 0 Å². The largest absolute Gasteiger partial charge is 0.493 e. The molecule has 106 valence electrons. The van der Waals surface area contributed by atoms with Crippen LogP contribution in [-0.4, -0.2) is 6.61 Å². The topological polar surface area (TPSA) is 21.3 Å². The van der Waals surface area contributed by atoms with Crippen molar-refractivity contribution >= 4 is 27.1 Å². The van der Waals surface area contributed by atoms with Crippen molar-refractivity contribution in [2.24, 2.45) is 0 Å². The molecule has 3 aromatic rings. The van der Waals surface area contributed by atoms with Gasteiger partial charge < -0.3 is 10.1 Å². The summed E-state index contributed by atoms with van der Waals surface area (Å²) in [5.74, 6) is 1.05. The zero-order valence-corrected chi connectivity index (χ0v) is 12.7. The van der Waals surface area contributed by atoms with Crippen LogP contribution < -0.4 is 10.1 Å². The van der Waals surface area contributed by atoms with E-state index >= 15 is 0 Å². The number of ether oxygens (including phenoxy) is 1. The first-order chi connectivity index (χ1) is 10.3. The standard InChI is InChI=1S/C18H17NOS/c1-12(13-2-4-17-14(10-13)6-8-20-17)19-16-3-5-18-15(11-16)7-9-21-18/h2-5,7,9-12,19H,6,8H2,1H3. The maximum absolute atomic E-state index is 5.57. The fourth-order valence-corrected chi connectivity index (χ4v) is 3.64. The normalized spacial score (nSPS) is 14.7. The molecule has 2 aromatic carbocycles. The monoisotopic (exact) mass is 295 g/mol. The molecular formula is C18H17NOS. The van der Waals surface area contributed by atoms with Gasteiger partial charge in [0.05, 0.1) is 6.61 Å². The summed E-state index contributed by atoms with van der Waals surface area (Å²) < 4.78 is 6.91. The summed E-state index contributed by atoms with van der Waals surface area (Å²) in [6.07, 6.45) is 1.02. The summed E-state index contributed by atoms with van der Waals surface area (Å²) >= 11 is 1.78. The Morgan fingerprint density at radius 2 is 2.10 bits per heavy atom. The maximum atomic E-state index is 5.57. The molecule has 0 aliphatic carbocycles. The minimum Gasteiger partial charge on any atom is -0.493 e. The molecule has 1 aliphatic heterocycles. The predicted octanol–water partition coefficient (Wildman–Crippen LogP) is 5.01. The molecule has 0 radical (unpaired) electrons. The van der Waals surface area contributed by atoms with Gasteiger partial charge in [-0.2, -0.15) is 0 Å².